The first-order valence-corrected chi connectivity index (χ1v) is 11.3. The van der Waals surface area contributed by atoms with Gasteiger partial charge in [0.1, 0.15) is 30.3 Å². The molecular formula is C26H26N2O7. The van der Waals surface area contributed by atoms with Gasteiger partial charge in [-0.2, -0.15) is 0 Å². The number of aryl methyl sites for hydroxylation is 1. The van der Waals surface area contributed by atoms with Crippen LogP contribution in [0.5, 0.6) is 11.5 Å². The minimum Gasteiger partial charge on any atom is -0.491 e. The van der Waals surface area contributed by atoms with Crippen molar-refractivity contribution in [1.82, 2.24) is 5.32 Å². The molecule has 0 saturated carbocycles. The molecule has 0 bridgehead atoms. The van der Waals surface area contributed by atoms with Gasteiger partial charge in [0.2, 0.25) is 0 Å². The van der Waals surface area contributed by atoms with Crippen LogP contribution in [0.2, 0.25) is 0 Å². The molecule has 1 aliphatic heterocycles. The van der Waals surface area contributed by atoms with E-state index >= 15 is 0 Å². The lowest BCUT2D eigenvalue weighted by atomic mass is 9.96. The van der Waals surface area contributed by atoms with Gasteiger partial charge in [-0.1, -0.05) is 24.3 Å². The Morgan fingerprint density at radius 1 is 1.14 bits per heavy atom. The van der Waals surface area contributed by atoms with Gasteiger partial charge in [-0.05, 0) is 59.9 Å². The highest BCUT2D eigenvalue weighted by Gasteiger charge is 2.20. The van der Waals surface area contributed by atoms with E-state index in [2.05, 4.69) is 11.4 Å². The molecule has 182 valence electrons. The number of nitrogens with zero attached hydrogens (tertiary/aromatic N) is 1. The van der Waals surface area contributed by atoms with Gasteiger partial charge in [-0.3, -0.25) is 10.1 Å². The fourth-order valence-corrected chi connectivity index (χ4v) is 3.92. The molecule has 1 heterocycles. The van der Waals surface area contributed by atoms with Gasteiger partial charge in [-0.25, -0.2) is 4.79 Å². The van der Waals surface area contributed by atoms with Crippen LogP contribution in [-0.2, 0) is 6.42 Å². The standard InChI is InChI=1S/C26H26N2O7/c29-22(16-34-23-3-1-2-21(13-23)28(32)33)14-27-15-24-10-8-20-12-19(9-11-25(20)35-24)17-4-6-18(7-5-17)26(30)31/h1-7,9,11-13,22,24,27,29H,8,10,14-16H2,(H,30,31)/t22?,24-/m1/s1. The van der Waals surface area contributed by atoms with Crippen LogP contribution in [0.3, 0.4) is 0 Å². The van der Waals surface area contributed by atoms with Crippen molar-refractivity contribution in [3.63, 3.8) is 0 Å². The number of hydrogen-bond acceptors (Lipinski definition) is 7. The zero-order chi connectivity index (χ0) is 24.8. The summed E-state index contributed by atoms with van der Waals surface area (Å²) in [5, 5.41) is 33.3. The third kappa shape index (κ3) is 6.34. The predicted octanol–water partition coefficient (Wildman–Crippen LogP) is 3.68. The van der Waals surface area contributed by atoms with Gasteiger partial charge >= 0.3 is 5.97 Å². The lowest BCUT2D eigenvalue weighted by Gasteiger charge is -2.27. The van der Waals surface area contributed by atoms with Gasteiger partial charge < -0.3 is 25.0 Å². The second-order valence-electron chi connectivity index (χ2n) is 8.36. The largest absolute Gasteiger partial charge is 0.491 e. The van der Waals surface area contributed by atoms with Crippen molar-refractivity contribution >= 4 is 11.7 Å². The number of ether oxygens (including phenoxy) is 2. The number of nitro benzene ring substituents is 1. The van der Waals surface area contributed by atoms with Crippen LogP contribution in [-0.4, -0.2) is 53.0 Å². The third-order valence-corrected chi connectivity index (χ3v) is 5.78. The van der Waals surface area contributed by atoms with Crippen molar-refractivity contribution < 1.29 is 29.4 Å². The molecule has 0 aromatic heterocycles. The number of carbonyl (C=O) groups is 1. The van der Waals surface area contributed by atoms with Gasteiger partial charge in [-0.15, -0.1) is 0 Å². The molecule has 0 aliphatic carbocycles. The van der Waals surface area contributed by atoms with E-state index in [1.807, 2.05) is 12.1 Å². The molecule has 0 saturated heterocycles. The highest BCUT2D eigenvalue weighted by Crippen LogP contribution is 2.32. The number of aliphatic hydroxyl groups is 1. The van der Waals surface area contributed by atoms with E-state index in [1.54, 1.807) is 30.3 Å². The number of aliphatic hydroxyl groups excluding tert-OH is 1. The number of nitrogens with one attached hydrogen (secondary N) is 1. The molecule has 0 spiro atoms. The predicted molar refractivity (Wildman–Crippen MR) is 129 cm³/mol. The summed E-state index contributed by atoms with van der Waals surface area (Å²) in [6.45, 7) is 0.872. The second kappa shape index (κ2) is 11.0. The van der Waals surface area contributed by atoms with Crippen LogP contribution < -0.4 is 14.8 Å². The van der Waals surface area contributed by atoms with Crippen molar-refractivity contribution in [1.29, 1.82) is 0 Å². The average molecular weight is 479 g/mol. The molecular weight excluding hydrogens is 452 g/mol. The quantitative estimate of drug-likeness (QED) is 0.297. The van der Waals surface area contributed by atoms with Crippen LogP contribution >= 0.6 is 0 Å². The van der Waals surface area contributed by atoms with Crippen molar-refractivity contribution in [2.75, 3.05) is 19.7 Å². The van der Waals surface area contributed by atoms with Gasteiger partial charge in [0.25, 0.3) is 5.69 Å². The Labute approximate surface area is 202 Å². The summed E-state index contributed by atoms with van der Waals surface area (Å²) in [5.74, 6) is 0.212. The van der Waals surface area contributed by atoms with Crippen molar-refractivity contribution in [2.45, 2.75) is 25.0 Å². The van der Waals surface area contributed by atoms with E-state index in [4.69, 9.17) is 14.6 Å². The summed E-state index contributed by atoms with van der Waals surface area (Å²) in [6.07, 6.45) is 0.858. The van der Waals surface area contributed by atoms with Crippen molar-refractivity contribution in [2.24, 2.45) is 0 Å². The maximum absolute atomic E-state index is 11.0. The highest BCUT2D eigenvalue weighted by atomic mass is 16.6. The lowest BCUT2D eigenvalue weighted by Crippen LogP contribution is -2.39. The fourth-order valence-electron chi connectivity index (χ4n) is 3.92. The van der Waals surface area contributed by atoms with E-state index in [0.29, 0.717) is 18.8 Å². The maximum Gasteiger partial charge on any atom is 0.335 e. The Morgan fingerprint density at radius 2 is 1.91 bits per heavy atom. The molecule has 0 radical (unpaired) electrons. The van der Waals surface area contributed by atoms with Crippen LogP contribution in [0.4, 0.5) is 5.69 Å². The van der Waals surface area contributed by atoms with Crippen molar-refractivity contribution in [3.8, 4) is 22.6 Å². The molecule has 3 aromatic carbocycles. The number of benzene rings is 3. The van der Waals surface area contributed by atoms with Gasteiger partial charge in [0.15, 0.2) is 0 Å². The summed E-state index contributed by atoms with van der Waals surface area (Å²) in [6, 6.07) is 18.6. The van der Waals surface area contributed by atoms with Crippen molar-refractivity contribution in [3.05, 3.63) is 88.0 Å². The summed E-state index contributed by atoms with van der Waals surface area (Å²) in [4.78, 5) is 21.4. The monoisotopic (exact) mass is 478 g/mol. The first-order chi connectivity index (χ1) is 16.9. The molecule has 3 N–H and O–H groups in total. The number of carboxylic acids is 1. The summed E-state index contributed by atoms with van der Waals surface area (Å²) < 4.78 is 11.6. The number of aromatic carboxylic acids is 1. The summed E-state index contributed by atoms with van der Waals surface area (Å²) >= 11 is 0. The number of rotatable bonds is 10. The van der Waals surface area contributed by atoms with E-state index in [9.17, 15) is 20.0 Å². The number of nitro groups is 1. The van der Waals surface area contributed by atoms with Crippen LogP contribution in [0.15, 0.2) is 66.7 Å². The Balaban J connectivity index is 1.23. The summed E-state index contributed by atoms with van der Waals surface area (Å²) in [5.41, 5.74) is 3.25. The number of non-ortho nitro benzene ring substituents is 1. The molecule has 9 heteroatoms. The molecule has 9 nitrogen and oxygen atoms in total. The van der Waals surface area contributed by atoms with Gasteiger partial charge in [0.05, 0.1) is 16.6 Å². The molecule has 0 amide bonds. The smallest absolute Gasteiger partial charge is 0.335 e. The zero-order valence-corrected chi connectivity index (χ0v) is 18.9. The molecule has 1 aliphatic rings. The number of hydrogen-bond donors (Lipinski definition) is 3. The summed E-state index contributed by atoms with van der Waals surface area (Å²) in [7, 11) is 0. The number of carboxylic acid groups (broad SMARTS) is 1. The molecule has 3 aromatic rings. The highest BCUT2D eigenvalue weighted by molar-refractivity contribution is 5.88. The number of fused-ring (bicyclic) bond motifs is 1. The van der Waals surface area contributed by atoms with Crippen LogP contribution in [0.25, 0.3) is 11.1 Å². The van der Waals surface area contributed by atoms with E-state index in [1.165, 1.54) is 18.2 Å². The Bertz CT molecular complexity index is 1200. The minimum atomic E-state index is -0.947. The molecule has 0 fully saturated rings. The SMILES string of the molecule is O=C(O)c1ccc(-c2ccc3c(c2)CC[C@H](CNCC(O)COc2cccc([N+](=O)[O-])c2)O3)cc1. The topological polar surface area (TPSA) is 131 Å². The Morgan fingerprint density at radius 3 is 2.66 bits per heavy atom. The van der Waals surface area contributed by atoms with E-state index in [-0.39, 0.29) is 24.0 Å². The van der Waals surface area contributed by atoms with Crippen LogP contribution in [0.1, 0.15) is 22.3 Å². The average Bonchev–Trinajstić information content (AvgIpc) is 2.87. The molecule has 35 heavy (non-hydrogen) atoms. The first-order valence-electron chi connectivity index (χ1n) is 11.3. The van der Waals surface area contributed by atoms with Crippen LogP contribution in [0, 0.1) is 10.1 Å². The maximum atomic E-state index is 11.0. The Kier molecular flexibility index (Phi) is 7.59. The molecule has 4 rings (SSSR count). The molecule has 2 atom stereocenters. The minimum absolute atomic E-state index is 0.0126. The fraction of sp³-hybridized carbons (Fsp3) is 0.269. The zero-order valence-electron chi connectivity index (χ0n) is 18.9. The van der Waals surface area contributed by atoms with E-state index in [0.717, 1.165) is 35.3 Å². The molecule has 1 unspecified atom stereocenters. The van der Waals surface area contributed by atoms with E-state index < -0.39 is 17.0 Å². The first kappa shape index (κ1) is 24.2. The van der Waals surface area contributed by atoms with Gasteiger partial charge in [0, 0.05) is 19.2 Å². The third-order valence-electron chi connectivity index (χ3n) is 5.78. The lowest BCUT2D eigenvalue weighted by molar-refractivity contribution is -0.384. The second-order valence-corrected chi connectivity index (χ2v) is 8.36. The normalized spacial score (nSPS) is 15.5. The Hall–Kier alpha value is -3.95.